The highest BCUT2D eigenvalue weighted by Crippen LogP contribution is 2.46. The molecule has 1 aliphatic rings. The highest BCUT2D eigenvalue weighted by Gasteiger charge is 2.50. The van der Waals surface area contributed by atoms with Crippen molar-refractivity contribution in [3.05, 3.63) is 88.6 Å². The Balaban J connectivity index is 1.56. The number of rotatable bonds is 7. The lowest BCUT2D eigenvalue weighted by atomic mass is 9.66. The van der Waals surface area contributed by atoms with Crippen LogP contribution in [0, 0.1) is 11.3 Å². The highest BCUT2D eigenvalue weighted by molar-refractivity contribution is 6.30. The van der Waals surface area contributed by atoms with Crippen molar-refractivity contribution >= 4 is 29.4 Å². The molecule has 0 bridgehead atoms. The molecule has 0 saturated carbocycles. The smallest absolute Gasteiger partial charge is 0.335 e. The molecule has 1 aromatic heterocycles. The van der Waals surface area contributed by atoms with E-state index in [0.29, 0.717) is 29.2 Å². The van der Waals surface area contributed by atoms with E-state index in [-0.39, 0.29) is 29.5 Å². The molecule has 40 heavy (non-hydrogen) atoms. The third-order valence-corrected chi connectivity index (χ3v) is 7.96. The number of amides is 2. The number of piperidine rings is 1. The minimum atomic E-state index is -1.17. The van der Waals surface area contributed by atoms with Gasteiger partial charge in [-0.05, 0) is 60.4 Å². The molecule has 2 atom stereocenters. The van der Waals surface area contributed by atoms with Crippen molar-refractivity contribution in [2.75, 3.05) is 13.1 Å². The number of likely N-dealkylation sites (tertiary alicyclic amines) is 1. The summed E-state index contributed by atoms with van der Waals surface area (Å²) in [5.74, 6) is -2.23. The summed E-state index contributed by atoms with van der Waals surface area (Å²) in [6.45, 7) is 8.10. The maximum Gasteiger partial charge on any atom is 0.335 e. The number of aromatic nitrogens is 1. The number of aliphatic hydroxyl groups is 1. The summed E-state index contributed by atoms with van der Waals surface area (Å²) in [6, 6.07) is 15.8. The van der Waals surface area contributed by atoms with Crippen LogP contribution in [0.4, 0.5) is 0 Å². The Bertz CT molecular complexity index is 1410. The van der Waals surface area contributed by atoms with Gasteiger partial charge in [-0.25, -0.2) is 4.79 Å². The molecule has 8 nitrogen and oxygen atoms in total. The van der Waals surface area contributed by atoms with Gasteiger partial charge >= 0.3 is 5.97 Å². The van der Waals surface area contributed by atoms with Crippen molar-refractivity contribution in [2.45, 2.75) is 45.8 Å². The van der Waals surface area contributed by atoms with Gasteiger partial charge in [0.2, 0.25) is 5.91 Å². The molecule has 1 saturated heterocycles. The minimum Gasteiger partial charge on any atom is -0.478 e. The van der Waals surface area contributed by atoms with E-state index in [4.69, 9.17) is 11.6 Å². The monoisotopic (exact) mass is 563 g/mol. The quantitative estimate of drug-likeness (QED) is 0.372. The molecule has 3 aromatic rings. The van der Waals surface area contributed by atoms with Gasteiger partial charge in [0.15, 0.2) is 0 Å². The number of aromatic carboxylic acids is 1. The van der Waals surface area contributed by atoms with Crippen LogP contribution in [0.25, 0.3) is 11.3 Å². The Kier molecular flexibility index (Phi) is 8.33. The number of carbonyl (C=O) groups excluding carboxylic acids is 2. The van der Waals surface area contributed by atoms with Crippen LogP contribution in [0.15, 0.2) is 66.9 Å². The largest absolute Gasteiger partial charge is 0.478 e. The van der Waals surface area contributed by atoms with Gasteiger partial charge < -0.3 is 20.4 Å². The van der Waals surface area contributed by atoms with E-state index in [1.165, 1.54) is 12.1 Å². The van der Waals surface area contributed by atoms with Crippen molar-refractivity contribution in [3.63, 3.8) is 0 Å². The first kappa shape index (κ1) is 29.2. The van der Waals surface area contributed by atoms with Crippen molar-refractivity contribution in [1.82, 2.24) is 15.2 Å². The second-order valence-electron chi connectivity index (χ2n) is 11.3. The summed E-state index contributed by atoms with van der Waals surface area (Å²) in [7, 11) is 0. The zero-order chi connectivity index (χ0) is 29.2. The summed E-state index contributed by atoms with van der Waals surface area (Å²) in [6.07, 6.45) is 1.91. The molecule has 0 radical (unpaired) electrons. The maximum absolute atomic E-state index is 13.8. The lowest BCUT2D eigenvalue weighted by Crippen LogP contribution is -2.60. The number of nitrogens with zero attached hydrogens (tertiary/aromatic N) is 2. The van der Waals surface area contributed by atoms with Crippen LogP contribution in [0.2, 0.25) is 5.02 Å². The van der Waals surface area contributed by atoms with Gasteiger partial charge in [0, 0.05) is 40.9 Å². The number of hydrogen-bond acceptors (Lipinski definition) is 5. The SMILES string of the molecule is CC(C)[C@@H](NC(=O)c1cc(C(=O)O)cc(-c2ccccn2)c1)C(=O)N1CC[C@](O)(c2ccc(Cl)cc2)C(C)(C)C1. The maximum atomic E-state index is 13.8. The molecule has 2 aromatic carbocycles. The molecule has 1 aliphatic heterocycles. The predicted molar refractivity (Wildman–Crippen MR) is 153 cm³/mol. The van der Waals surface area contributed by atoms with Gasteiger partial charge in [-0.1, -0.05) is 57.5 Å². The van der Waals surface area contributed by atoms with Crippen LogP contribution in [0.1, 0.15) is 60.4 Å². The standard InChI is InChI=1S/C31H34ClN3O5/c1-19(2)26(28(37)35-14-12-31(40,30(3,4)18-35)23-8-10-24(32)11-9-23)34-27(36)21-15-20(16-22(17-21)29(38)39)25-7-5-6-13-33-25/h5-11,13,15-17,19,26,40H,12,14,18H2,1-4H3,(H,34,36)(H,38,39)/t26-,31+/m1/s1. The zero-order valence-corrected chi connectivity index (χ0v) is 23.8. The van der Waals surface area contributed by atoms with E-state index in [1.807, 2.05) is 39.8 Å². The predicted octanol–water partition coefficient (Wildman–Crippen LogP) is 5.00. The number of hydrogen-bond donors (Lipinski definition) is 3. The summed E-state index contributed by atoms with van der Waals surface area (Å²) < 4.78 is 0. The molecule has 210 valence electrons. The number of carboxylic acid groups (broad SMARTS) is 1. The van der Waals surface area contributed by atoms with Gasteiger partial charge in [-0.15, -0.1) is 0 Å². The molecule has 4 rings (SSSR count). The summed E-state index contributed by atoms with van der Waals surface area (Å²) in [5.41, 5.74) is -0.0328. The first-order chi connectivity index (χ1) is 18.8. The number of carbonyl (C=O) groups is 3. The molecule has 9 heteroatoms. The zero-order valence-electron chi connectivity index (χ0n) is 23.0. The first-order valence-corrected chi connectivity index (χ1v) is 13.6. The summed E-state index contributed by atoms with van der Waals surface area (Å²) in [4.78, 5) is 44.9. The van der Waals surface area contributed by atoms with Crippen molar-refractivity contribution < 1.29 is 24.6 Å². The molecular formula is C31H34ClN3O5. The fraction of sp³-hybridized carbons (Fsp3) is 0.355. The van der Waals surface area contributed by atoms with E-state index in [9.17, 15) is 24.6 Å². The summed E-state index contributed by atoms with van der Waals surface area (Å²) >= 11 is 6.04. The number of nitrogens with one attached hydrogen (secondary N) is 1. The van der Waals surface area contributed by atoms with Crippen molar-refractivity contribution in [1.29, 1.82) is 0 Å². The fourth-order valence-electron chi connectivity index (χ4n) is 5.27. The summed E-state index contributed by atoms with van der Waals surface area (Å²) in [5, 5.41) is 24.7. The van der Waals surface area contributed by atoms with Crippen LogP contribution in [0.3, 0.4) is 0 Å². The number of pyridine rings is 1. The normalized spacial score (nSPS) is 19.2. The number of carboxylic acids is 1. The van der Waals surface area contributed by atoms with E-state index in [0.717, 1.165) is 5.56 Å². The Hall–Kier alpha value is -3.75. The van der Waals surface area contributed by atoms with Crippen LogP contribution in [-0.2, 0) is 10.4 Å². The van der Waals surface area contributed by atoms with Gasteiger partial charge in [0.05, 0.1) is 16.9 Å². The lowest BCUT2D eigenvalue weighted by molar-refractivity contribution is -0.155. The average Bonchev–Trinajstić information content (AvgIpc) is 2.93. The fourth-order valence-corrected chi connectivity index (χ4v) is 5.40. The molecule has 0 aliphatic carbocycles. The first-order valence-electron chi connectivity index (χ1n) is 13.2. The molecule has 2 amide bonds. The van der Waals surface area contributed by atoms with E-state index in [1.54, 1.807) is 47.5 Å². The highest BCUT2D eigenvalue weighted by atomic mass is 35.5. The van der Waals surface area contributed by atoms with E-state index in [2.05, 4.69) is 10.3 Å². The van der Waals surface area contributed by atoms with Gasteiger partial charge in [0.25, 0.3) is 5.91 Å². The number of halogens is 1. The third-order valence-electron chi connectivity index (χ3n) is 7.70. The molecular weight excluding hydrogens is 530 g/mol. The Morgan fingerprint density at radius 2 is 1.70 bits per heavy atom. The topological polar surface area (TPSA) is 120 Å². The van der Waals surface area contributed by atoms with Gasteiger partial charge in [0.1, 0.15) is 6.04 Å². The van der Waals surface area contributed by atoms with Crippen molar-refractivity contribution in [2.24, 2.45) is 11.3 Å². The van der Waals surface area contributed by atoms with E-state index < -0.39 is 28.9 Å². The number of benzene rings is 2. The molecule has 2 heterocycles. The third kappa shape index (κ3) is 5.88. The Morgan fingerprint density at radius 3 is 2.27 bits per heavy atom. The minimum absolute atomic E-state index is 0.0556. The molecule has 0 spiro atoms. The van der Waals surface area contributed by atoms with Crippen LogP contribution >= 0.6 is 11.6 Å². The van der Waals surface area contributed by atoms with Crippen LogP contribution < -0.4 is 5.32 Å². The molecule has 0 unspecified atom stereocenters. The van der Waals surface area contributed by atoms with Crippen LogP contribution in [0.5, 0.6) is 0 Å². The second-order valence-corrected chi connectivity index (χ2v) is 11.7. The van der Waals surface area contributed by atoms with Gasteiger partial charge in [-0.2, -0.15) is 0 Å². The van der Waals surface area contributed by atoms with Crippen molar-refractivity contribution in [3.8, 4) is 11.3 Å². The molecule has 1 fully saturated rings. The second kappa shape index (κ2) is 11.4. The molecule has 3 N–H and O–H groups in total. The Labute approximate surface area is 239 Å². The van der Waals surface area contributed by atoms with Gasteiger partial charge in [-0.3, -0.25) is 14.6 Å². The Morgan fingerprint density at radius 1 is 1.02 bits per heavy atom. The average molecular weight is 564 g/mol. The lowest BCUT2D eigenvalue weighted by Gasteiger charge is -2.51. The van der Waals surface area contributed by atoms with Crippen LogP contribution in [-0.4, -0.2) is 57.0 Å². The van der Waals surface area contributed by atoms with E-state index >= 15 is 0 Å².